The maximum atomic E-state index is 4.16. The minimum Gasteiger partial charge on any atom is -0.0531 e. The van der Waals surface area contributed by atoms with E-state index in [2.05, 4.69) is 29.3 Å². The summed E-state index contributed by atoms with van der Waals surface area (Å²) < 4.78 is 0. The molecule has 0 aliphatic heterocycles. The Hall–Kier alpha value is -1.19. The number of allylic oxidation sites excluding steroid dienone is 1. The second kappa shape index (κ2) is 3.27. The van der Waals surface area contributed by atoms with E-state index in [1.165, 1.54) is 0 Å². The molecule has 60 valence electrons. The molecule has 0 atom stereocenters. The number of hydrogen-bond acceptors (Lipinski definition) is 2. The summed E-state index contributed by atoms with van der Waals surface area (Å²) in [7, 11) is 0. The quantitative estimate of drug-likeness (QED) is 0.636. The lowest BCUT2D eigenvalue weighted by atomic mass is 10.2. The van der Waals surface area contributed by atoms with Crippen LogP contribution in [0.3, 0.4) is 0 Å². The van der Waals surface area contributed by atoms with E-state index in [9.17, 15) is 0 Å². The Balaban J connectivity index is 2.81. The van der Waals surface area contributed by atoms with Gasteiger partial charge in [0.05, 0.1) is 5.10 Å². The van der Waals surface area contributed by atoms with Crippen LogP contribution in [0.4, 0.5) is 0 Å². The largest absolute Gasteiger partial charge is 0.311 e. The molecule has 11 heavy (non-hydrogen) atoms. The smallest absolute Gasteiger partial charge is 0.0531 e. The molecule has 1 heterocycles. The lowest BCUT2D eigenvalue weighted by Crippen LogP contribution is -2.31. The minimum absolute atomic E-state index is 0.373. The van der Waals surface area contributed by atoms with E-state index in [4.69, 9.17) is 0 Å². The van der Waals surface area contributed by atoms with Gasteiger partial charge in [0.15, 0.2) is 0 Å². The Kier molecular flexibility index (Phi) is 2.36. The van der Waals surface area contributed by atoms with Crippen molar-refractivity contribution >= 4 is 6.20 Å². The van der Waals surface area contributed by atoms with Crippen molar-refractivity contribution in [2.75, 3.05) is 0 Å². The summed E-state index contributed by atoms with van der Waals surface area (Å²) in [5.41, 5.74) is 0. The van der Waals surface area contributed by atoms with Gasteiger partial charge < -0.3 is 0 Å². The molecule has 0 saturated heterocycles. The standard InChI is InChI=1S/C7H12N4/c1-4-5-11-9-7(6(2)3)8-10-11/h4-6H,1-3H3/p+1/b5-4-. The molecule has 1 N–H and O–H groups in total. The molecular formula is C7H13N4+. The molecule has 1 rings (SSSR count). The van der Waals surface area contributed by atoms with Gasteiger partial charge in [0.2, 0.25) is 0 Å². The monoisotopic (exact) mass is 153 g/mol. The molecule has 0 saturated carbocycles. The number of aromatic amines is 1. The van der Waals surface area contributed by atoms with Crippen molar-refractivity contribution in [1.29, 1.82) is 0 Å². The highest BCUT2D eigenvalue weighted by atomic mass is 15.6. The maximum Gasteiger partial charge on any atom is 0.311 e. The van der Waals surface area contributed by atoms with Crippen LogP contribution < -0.4 is 4.80 Å². The Morgan fingerprint density at radius 2 is 2.27 bits per heavy atom. The van der Waals surface area contributed by atoms with E-state index in [1.54, 1.807) is 4.80 Å². The molecule has 1 aromatic rings. The molecule has 1 aromatic heterocycles. The van der Waals surface area contributed by atoms with Crippen molar-refractivity contribution in [3.63, 3.8) is 0 Å². The first kappa shape index (κ1) is 7.91. The highest BCUT2D eigenvalue weighted by Crippen LogP contribution is 2.03. The SMILES string of the molecule is C/C=C\[n+]1nc(C(C)C)n[nH]1. The van der Waals surface area contributed by atoms with Crippen molar-refractivity contribution in [2.24, 2.45) is 0 Å². The third kappa shape index (κ3) is 1.86. The molecule has 0 aromatic carbocycles. The van der Waals surface area contributed by atoms with Crippen molar-refractivity contribution < 1.29 is 4.80 Å². The second-order valence-corrected chi connectivity index (χ2v) is 2.65. The fraction of sp³-hybridized carbons (Fsp3) is 0.571. The van der Waals surface area contributed by atoms with Gasteiger partial charge >= 0.3 is 5.82 Å². The summed E-state index contributed by atoms with van der Waals surface area (Å²) in [4.78, 5) is 1.59. The van der Waals surface area contributed by atoms with Crippen molar-refractivity contribution in [3.05, 3.63) is 11.9 Å². The van der Waals surface area contributed by atoms with Crippen LogP contribution in [0, 0.1) is 0 Å². The van der Waals surface area contributed by atoms with E-state index in [1.807, 2.05) is 19.2 Å². The minimum atomic E-state index is 0.373. The van der Waals surface area contributed by atoms with Crippen LogP contribution in [-0.4, -0.2) is 15.4 Å². The van der Waals surface area contributed by atoms with Crippen LogP contribution in [0.15, 0.2) is 6.08 Å². The predicted octanol–water partition coefficient (Wildman–Crippen LogP) is 0.706. The number of nitrogens with one attached hydrogen (secondary N) is 1. The summed E-state index contributed by atoms with van der Waals surface area (Å²) in [5, 5.41) is 10.9. The number of H-pyrrole nitrogens is 1. The Morgan fingerprint density at radius 1 is 1.55 bits per heavy atom. The summed E-state index contributed by atoms with van der Waals surface area (Å²) in [6.45, 7) is 6.05. The fourth-order valence-corrected chi connectivity index (χ4v) is 0.710. The first-order valence-electron chi connectivity index (χ1n) is 3.71. The molecule has 0 aliphatic carbocycles. The Labute approximate surface area is 65.9 Å². The first-order valence-corrected chi connectivity index (χ1v) is 3.71. The van der Waals surface area contributed by atoms with E-state index in [-0.39, 0.29) is 0 Å². The van der Waals surface area contributed by atoms with Gasteiger partial charge in [-0.25, -0.2) is 0 Å². The van der Waals surface area contributed by atoms with Crippen LogP contribution >= 0.6 is 0 Å². The highest BCUT2D eigenvalue weighted by molar-refractivity contribution is 5.00. The molecule has 0 amide bonds. The van der Waals surface area contributed by atoms with Crippen LogP contribution in [0.2, 0.25) is 0 Å². The molecule has 0 unspecified atom stereocenters. The molecule has 4 nitrogen and oxygen atoms in total. The van der Waals surface area contributed by atoms with E-state index in [0.717, 1.165) is 5.82 Å². The number of hydrogen-bond donors (Lipinski definition) is 1. The molecule has 4 heteroatoms. The second-order valence-electron chi connectivity index (χ2n) is 2.65. The van der Waals surface area contributed by atoms with Gasteiger partial charge in [0.1, 0.15) is 6.20 Å². The zero-order chi connectivity index (χ0) is 8.27. The van der Waals surface area contributed by atoms with Crippen LogP contribution in [0.25, 0.3) is 6.20 Å². The molecular weight excluding hydrogens is 140 g/mol. The van der Waals surface area contributed by atoms with Gasteiger partial charge in [0, 0.05) is 5.92 Å². The van der Waals surface area contributed by atoms with E-state index >= 15 is 0 Å². The third-order valence-electron chi connectivity index (χ3n) is 1.28. The van der Waals surface area contributed by atoms with Crippen molar-refractivity contribution in [1.82, 2.24) is 15.4 Å². The summed E-state index contributed by atoms with van der Waals surface area (Å²) in [6.07, 6.45) is 3.72. The summed E-state index contributed by atoms with van der Waals surface area (Å²) in [5.74, 6) is 1.21. The van der Waals surface area contributed by atoms with Gasteiger partial charge in [0.25, 0.3) is 0 Å². The van der Waals surface area contributed by atoms with E-state index in [0.29, 0.717) is 5.92 Å². The average Bonchev–Trinajstić information content (AvgIpc) is 2.37. The fourth-order valence-electron chi connectivity index (χ4n) is 0.710. The summed E-state index contributed by atoms with van der Waals surface area (Å²) in [6, 6.07) is 0. The van der Waals surface area contributed by atoms with Crippen LogP contribution in [-0.2, 0) is 0 Å². The molecule has 0 radical (unpaired) electrons. The maximum absolute atomic E-state index is 4.16. The van der Waals surface area contributed by atoms with E-state index < -0.39 is 0 Å². The molecule has 0 bridgehead atoms. The van der Waals surface area contributed by atoms with Gasteiger partial charge in [-0.05, 0) is 28.1 Å². The Morgan fingerprint density at radius 3 is 2.73 bits per heavy atom. The average molecular weight is 153 g/mol. The zero-order valence-corrected chi connectivity index (χ0v) is 7.07. The Bertz CT molecular complexity index is 249. The number of nitrogens with zero attached hydrogens (tertiary/aromatic N) is 3. The molecule has 0 spiro atoms. The number of aromatic nitrogens is 4. The molecule has 0 fully saturated rings. The van der Waals surface area contributed by atoms with Crippen molar-refractivity contribution in [3.8, 4) is 0 Å². The number of tetrazole rings is 1. The van der Waals surface area contributed by atoms with Gasteiger partial charge in [-0.2, -0.15) is 0 Å². The molecule has 0 aliphatic rings. The predicted molar refractivity (Wildman–Crippen MR) is 41.7 cm³/mol. The normalized spacial score (nSPS) is 11.6. The van der Waals surface area contributed by atoms with Gasteiger partial charge in [-0.1, -0.05) is 13.8 Å². The van der Waals surface area contributed by atoms with Crippen LogP contribution in [0.5, 0.6) is 0 Å². The summed E-state index contributed by atoms with van der Waals surface area (Å²) >= 11 is 0. The third-order valence-corrected chi connectivity index (χ3v) is 1.28. The zero-order valence-electron chi connectivity index (χ0n) is 7.07. The van der Waals surface area contributed by atoms with Crippen LogP contribution in [0.1, 0.15) is 32.5 Å². The highest BCUT2D eigenvalue weighted by Gasteiger charge is 2.12. The van der Waals surface area contributed by atoms with Crippen molar-refractivity contribution in [2.45, 2.75) is 26.7 Å². The van der Waals surface area contributed by atoms with Gasteiger partial charge in [-0.15, -0.1) is 0 Å². The lowest BCUT2D eigenvalue weighted by molar-refractivity contribution is -0.693. The van der Waals surface area contributed by atoms with Gasteiger partial charge in [-0.3, -0.25) is 0 Å². The first-order chi connectivity index (χ1) is 5.24. The topological polar surface area (TPSA) is 45.5 Å². The number of rotatable bonds is 2. The lowest BCUT2D eigenvalue weighted by Gasteiger charge is -1.85.